The van der Waals surface area contributed by atoms with E-state index < -0.39 is 0 Å². The third kappa shape index (κ3) is 4.18. The van der Waals surface area contributed by atoms with Crippen molar-refractivity contribution < 1.29 is 14.6 Å². The van der Waals surface area contributed by atoms with Crippen molar-refractivity contribution in [3.05, 3.63) is 59.4 Å². The van der Waals surface area contributed by atoms with Crippen LogP contribution in [0.4, 0.5) is 5.69 Å². The molecule has 0 saturated carbocycles. The Kier molecular flexibility index (Phi) is 6.67. The van der Waals surface area contributed by atoms with Gasteiger partial charge in [-0.3, -0.25) is 4.79 Å². The molecule has 3 rings (SSSR count). The van der Waals surface area contributed by atoms with Crippen LogP contribution in [-0.2, 0) is 29.1 Å². The van der Waals surface area contributed by atoms with Gasteiger partial charge in [0.1, 0.15) is 19.0 Å². The lowest BCUT2D eigenvalue weighted by molar-refractivity contribution is -0.119. The summed E-state index contributed by atoms with van der Waals surface area (Å²) in [6, 6.07) is 13.6. The number of nitrogens with zero attached hydrogens (tertiary/aromatic N) is 3. The third-order valence-corrected chi connectivity index (χ3v) is 5.23. The van der Waals surface area contributed by atoms with Crippen molar-refractivity contribution in [1.82, 2.24) is 9.55 Å². The van der Waals surface area contributed by atoms with Crippen LogP contribution < -0.4 is 4.90 Å². The fraction of sp³-hybridized carbons (Fsp3) is 0.391. The smallest absolute Gasteiger partial charge is 0.247 e. The number of aliphatic hydroxyl groups is 1. The minimum absolute atomic E-state index is 0.0589. The lowest BCUT2D eigenvalue weighted by atomic mass is 10.0. The van der Waals surface area contributed by atoms with E-state index in [1.807, 2.05) is 55.1 Å². The van der Waals surface area contributed by atoms with Gasteiger partial charge in [0.25, 0.3) is 0 Å². The number of carbonyl (C=O) groups is 1. The molecule has 6 heteroatoms. The Morgan fingerprint density at radius 2 is 2.00 bits per heavy atom. The van der Waals surface area contributed by atoms with E-state index in [0.717, 1.165) is 34.3 Å². The number of amides is 1. The van der Waals surface area contributed by atoms with Crippen molar-refractivity contribution in [1.29, 1.82) is 0 Å². The Bertz CT molecular complexity index is 996. The van der Waals surface area contributed by atoms with Gasteiger partial charge in [-0.25, -0.2) is 4.98 Å². The molecule has 0 aliphatic rings. The summed E-state index contributed by atoms with van der Waals surface area (Å²) < 4.78 is 7.17. The average Bonchev–Trinajstić information content (AvgIpc) is 3.07. The van der Waals surface area contributed by atoms with Crippen LogP contribution in [0.1, 0.15) is 30.8 Å². The highest BCUT2D eigenvalue weighted by Gasteiger charge is 2.26. The molecule has 1 atom stereocenters. The molecule has 0 spiro atoms. The van der Waals surface area contributed by atoms with E-state index in [4.69, 9.17) is 4.74 Å². The number of aryl methyl sites for hydroxylation is 2. The molecule has 29 heavy (non-hydrogen) atoms. The Morgan fingerprint density at radius 3 is 2.69 bits per heavy atom. The largest absolute Gasteiger partial charge is 0.388 e. The summed E-state index contributed by atoms with van der Waals surface area (Å²) in [5.41, 5.74) is 4.73. The predicted molar refractivity (Wildman–Crippen MR) is 115 cm³/mol. The number of fused-ring (bicyclic) bond motifs is 1. The van der Waals surface area contributed by atoms with Crippen LogP contribution in [0.5, 0.6) is 0 Å². The SMILES string of the molecule is CCc1cccc(C)c1N(C(=O)Cn1c(CO)nc2ccccc21)[C@@H](C)COC. The number of aliphatic hydroxyl groups excluding tert-OH is 1. The Balaban J connectivity index is 2.06. The molecule has 0 aliphatic carbocycles. The summed E-state index contributed by atoms with van der Waals surface area (Å²) in [5, 5.41) is 9.78. The monoisotopic (exact) mass is 395 g/mol. The topological polar surface area (TPSA) is 67.6 Å². The highest BCUT2D eigenvalue weighted by atomic mass is 16.5. The van der Waals surface area contributed by atoms with Crippen molar-refractivity contribution in [2.45, 2.75) is 46.4 Å². The number of carbonyl (C=O) groups excluding carboxylic acids is 1. The molecule has 3 aromatic rings. The van der Waals surface area contributed by atoms with E-state index in [0.29, 0.717) is 12.4 Å². The van der Waals surface area contributed by atoms with Gasteiger partial charge in [0.2, 0.25) is 5.91 Å². The minimum Gasteiger partial charge on any atom is -0.388 e. The summed E-state index contributed by atoms with van der Waals surface area (Å²) in [6.45, 7) is 6.42. The third-order valence-electron chi connectivity index (χ3n) is 5.23. The second-order valence-corrected chi connectivity index (χ2v) is 7.27. The van der Waals surface area contributed by atoms with Crippen molar-refractivity contribution in [3.8, 4) is 0 Å². The van der Waals surface area contributed by atoms with E-state index in [-0.39, 0.29) is 25.1 Å². The van der Waals surface area contributed by atoms with Crippen LogP contribution in [0.2, 0.25) is 0 Å². The van der Waals surface area contributed by atoms with Crippen molar-refractivity contribution in [2.24, 2.45) is 0 Å². The number of anilines is 1. The first-order valence-electron chi connectivity index (χ1n) is 9.96. The Hall–Kier alpha value is -2.70. The number of ether oxygens (including phenoxy) is 1. The molecule has 0 radical (unpaired) electrons. The number of benzene rings is 2. The molecular formula is C23H29N3O3. The number of para-hydroxylation sites is 3. The van der Waals surface area contributed by atoms with Crippen LogP contribution in [0.15, 0.2) is 42.5 Å². The molecule has 0 aliphatic heterocycles. The highest BCUT2D eigenvalue weighted by molar-refractivity contribution is 5.96. The van der Waals surface area contributed by atoms with Crippen molar-refractivity contribution in [2.75, 3.05) is 18.6 Å². The van der Waals surface area contributed by atoms with Crippen molar-refractivity contribution >= 4 is 22.6 Å². The Labute approximate surface area is 171 Å². The van der Waals surface area contributed by atoms with Gasteiger partial charge in [-0.2, -0.15) is 0 Å². The van der Waals surface area contributed by atoms with E-state index in [1.165, 1.54) is 0 Å². The zero-order valence-electron chi connectivity index (χ0n) is 17.6. The number of rotatable bonds is 8. The van der Waals surface area contributed by atoms with Gasteiger partial charge in [-0.1, -0.05) is 37.3 Å². The molecule has 1 amide bonds. The van der Waals surface area contributed by atoms with Crippen LogP contribution >= 0.6 is 0 Å². The molecule has 2 aromatic carbocycles. The van der Waals surface area contributed by atoms with Crippen molar-refractivity contribution in [3.63, 3.8) is 0 Å². The maximum Gasteiger partial charge on any atom is 0.247 e. The first kappa shape index (κ1) is 21.0. The van der Waals surface area contributed by atoms with Crippen LogP contribution in [-0.4, -0.2) is 40.3 Å². The molecule has 6 nitrogen and oxygen atoms in total. The summed E-state index contributed by atoms with van der Waals surface area (Å²) in [5.74, 6) is 0.427. The number of aromatic nitrogens is 2. The summed E-state index contributed by atoms with van der Waals surface area (Å²) >= 11 is 0. The van der Waals surface area contributed by atoms with Gasteiger partial charge in [0.05, 0.1) is 29.4 Å². The van der Waals surface area contributed by atoms with Gasteiger partial charge in [0, 0.05) is 7.11 Å². The summed E-state index contributed by atoms with van der Waals surface area (Å²) in [7, 11) is 1.64. The van der Waals surface area contributed by atoms with Gasteiger partial charge in [0.15, 0.2) is 0 Å². The van der Waals surface area contributed by atoms with Crippen LogP contribution in [0.25, 0.3) is 11.0 Å². The fourth-order valence-electron chi connectivity index (χ4n) is 3.89. The number of methoxy groups -OCH3 is 1. The molecule has 0 unspecified atom stereocenters. The fourth-order valence-corrected chi connectivity index (χ4v) is 3.89. The summed E-state index contributed by atoms with van der Waals surface area (Å²) in [4.78, 5) is 19.9. The summed E-state index contributed by atoms with van der Waals surface area (Å²) in [6.07, 6.45) is 0.830. The Morgan fingerprint density at radius 1 is 1.24 bits per heavy atom. The first-order valence-corrected chi connectivity index (χ1v) is 9.96. The quantitative estimate of drug-likeness (QED) is 0.634. The normalized spacial score (nSPS) is 12.3. The lowest BCUT2D eigenvalue weighted by Gasteiger charge is -2.32. The molecule has 1 N–H and O–H groups in total. The zero-order valence-corrected chi connectivity index (χ0v) is 17.6. The number of hydrogen-bond donors (Lipinski definition) is 1. The second-order valence-electron chi connectivity index (χ2n) is 7.27. The number of hydrogen-bond acceptors (Lipinski definition) is 4. The van der Waals surface area contributed by atoms with E-state index in [2.05, 4.69) is 18.0 Å². The molecule has 1 aromatic heterocycles. The van der Waals surface area contributed by atoms with Gasteiger partial charge in [-0.15, -0.1) is 0 Å². The lowest BCUT2D eigenvalue weighted by Crippen LogP contribution is -2.44. The molecule has 0 saturated heterocycles. The van der Waals surface area contributed by atoms with Gasteiger partial charge in [-0.05, 0) is 43.5 Å². The molecule has 0 fully saturated rings. The van der Waals surface area contributed by atoms with Crippen LogP contribution in [0, 0.1) is 6.92 Å². The predicted octanol–water partition coefficient (Wildman–Crippen LogP) is 3.47. The molecular weight excluding hydrogens is 366 g/mol. The number of imidazole rings is 1. The standard InChI is InChI=1S/C23H29N3O3/c1-5-18-10-8-9-16(2)23(18)26(17(3)15-29-4)22(28)13-25-20-12-7-6-11-19(20)24-21(25)14-27/h6-12,17,27H,5,13-15H2,1-4H3/t17-/m0/s1. The maximum atomic E-state index is 13.6. The maximum absolute atomic E-state index is 13.6. The zero-order chi connectivity index (χ0) is 21.0. The van der Waals surface area contributed by atoms with Gasteiger partial charge < -0.3 is 19.3 Å². The molecule has 154 valence electrons. The van der Waals surface area contributed by atoms with Crippen LogP contribution in [0.3, 0.4) is 0 Å². The van der Waals surface area contributed by atoms with E-state index in [1.54, 1.807) is 11.7 Å². The highest BCUT2D eigenvalue weighted by Crippen LogP contribution is 2.29. The minimum atomic E-state index is -0.222. The van der Waals surface area contributed by atoms with Gasteiger partial charge >= 0.3 is 0 Å². The van der Waals surface area contributed by atoms with E-state index in [9.17, 15) is 9.90 Å². The molecule has 0 bridgehead atoms. The first-order chi connectivity index (χ1) is 14.0. The average molecular weight is 396 g/mol. The van der Waals surface area contributed by atoms with E-state index >= 15 is 0 Å². The second kappa shape index (κ2) is 9.20. The molecule has 1 heterocycles.